The summed E-state index contributed by atoms with van der Waals surface area (Å²) in [6.45, 7) is 3.61. The van der Waals surface area contributed by atoms with E-state index in [1.807, 2.05) is 0 Å². The second-order valence-corrected chi connectivity index (χ2v) is 4.66. The van der Waals surface area contributed by atoms with Crippen LogP contribution in [0.15, 0.2) is 6.07 Å². The molecule has 2 rings (SSSR count). The van der Waals surface area contributed by atoms with Gasteiger partial charge in [-0.25, -0.2) is 4.98 Å². The lowest BCUT2D eigenvalue weighted by Gasteiger charge is -2.22. The lowest BCUT2D eigenvalue weighted by atomic mass is 10.0. The van der Waals surface area contributed by atoms with Gasteiger partial charge in [0, 0.05) is 18.5 Å². The summed E-state index contributed by atoms with van der Waals surface area (Å²) in [5, 5.41) is 3.23. The maximum Gasteiger partial charge on any atom is 0.433 e. The lowest BCUT2D eigenvalue weighted by Crippen LogP contribution is -2.33. The highest BCUT2D eigenvalue weighted by atomic mass is 19.4. The molecule has 19 heavy (non-hydrogen) atoms. The van der Waals surface area contributed by atoms with Crippen molar-refractivity contribution >= 4 is 0 Å². The molecule has 4 nitrogen and oxygen atoms in total. The standard InChI is InChI=1S/C12H16F3N3O/c1-8-17-10(12(13,14)15)5-11(18-8)19-7-9-3-2-4-16-6-9/h5,9,16H,2-4,6-7H2,1H3. The number of piperidine rings is 1. The number of halogens is 3. The molecule has 1 fully saturated rings. The molecular formula is C12H16F3N3O. The molecular weight excluding hydrogens is 259 g/mol. The Kier molecular flexibility index (Phi) is 4.24. The molecule has 1 aromatic rings. The summed E-state index contributed by atoms with van der Waals surface area (Å²) in [5.74, 6) is 0.371. The van der Waals surface area contributed by atoms with Crippen LogP contribution in [0, 0.1) is 12.8 Å². The van der Waals surface area contributed by atoms with Gasteiger partial charge < -0.3 is 10.1 Å². The lowest BCUT2D eigenvalue weighted by molar-refractivity contribution is -0.141. The Bertz CT molecular complexity index is 431. The van der Waals surface area contributed by atoms with E-state index in [-0.39, 0.29) is 11.7 Å². The summed E-state index contributed by atoms with van der Waals surface area (Å²) in [7, 11) is 0. The van der Waals surface area contributed by atoms with E-state index in [1.165, 1.54) is 6.92 Å². The summed E-state index contributed by atoms with van der Waals surface area (Å²) in [6, 6.07) is 0.850. The first kappa shape index (κ1) is 14.0. The minimum atomic E-state index is -4.47. The number of ether oxygens (including phenoxy) is 1. The Morgan fingerprint density at radius 1 is 1.42 bits per heavy atom. The second-order valence-electron chi connectivity index (χ2n) is 4.66. The van der Waals surface area contributed by atoms with Crippen molar-refractivity contribution in [3.05, 3.63) is 17.6 Å². The highest BCUT2D eigenvalue weighted by Crippen LogP contribution is 2.29. The molecule has 1 N–H and O–H groups in total. The van der Waals surface area contributed by atoms with Gasteiger partial charge in [0.15, 0.2) is 5.69 Å². The average Bonchev–Trinajstić information content (AvgIpc) is 2.36. The van der Waals surface area contributed by atoms with E-state index in [4.69, 9.17) is 4.74 Å². The van der Waals surface area contributed by atoms with Crippen molar-refractivity contribution in [3.63, 3.8) is 0 Å². The van der Waals surface area contributed by atoms with Crippen LogP contribution in [-0.2, 0) is 6.18 Å². The molecule has 1 aliphatic rings. The third-order valence-electron chi connectivity index (χ3n) is 2.97. The topological polar surface area (TPSA) is 47.0 Å². The summed E-state index contributed by atoms with van der Waals surface area (Å²) in [5.41, 5.74) is -0.961. The van der Waals surface area contributed by atoms with Gasteiger partial charge in [0.25, 0.3) is 0 Å². The molecule has 1 aromatic heterocycles. The predicted molar refractivity (Wildman–Crippen MR) is 62.9 cm³/mol. The Labute approximate surface area is 109 Å². The highest BCUT2D eigenvalue weighted by molar-refractivity contribution is 5.18. The molecule has 0 aliphatic carbocycles. The Morgan fingerprint density at radius 3 is 2.84 bits per heavy atom. The minimum Gasteiger partial charge on any atom is -0.477 e. The van der Waals surface area contributed by atoms with Crippen molar-refractivity contribution in [2.45, 2.75) is 25.9 Å². The van der Waals surface area contributed by atoms with Gasteiger partial charge in [0.05, 0.1) is 6.61 Å². The van der Waals surface area contributed by atoms with E-state index >= 15 is 0 Å². The molecule has 0 bridgehead atoms. The first-order valence-electron chi connectivity index (χ1n) is 6.21. The largest absolute Gasteiger partial charge is 0.477 e. The number of hydrogen-bond acceptors (Lipinski definition) is 4. The molecule has 0 radical (unpaired) electrons. The third-order valence-corrected chi connectivity index (χ3v) is 2.97. The Morgan fingerprint density at radius 2 is 2.21 bits per heavy atom. The maximum absolute atomic E-state index is 12.6. The van der Waals surface area contributed by atoms with E-state index in [1.54, 1.807) is 0 Å². The van der Waals surface area contributed by atoms with E-state index in [2.05, 4.69) is 15.3 Å². The minimum absolute atomic E-state index is 0.00889. The second kappa shape index (κ2) is 5.73. The van der Waals surface area contributed by atoms with Crippen molar-refractivity contribution in [1.29, 1.82) is 0 Å². The molecule has 1 atom stereocenters. The van der Waals surface area contributed by atoms with Crippen LogP contribution >= 0.6 is 0 Å². The summed E-state index contributed by atoms with van der Waals surface area (Å²) in [6.07, 6.45) is -2.40. The molecule has 2 heterocycles. The van der Waals surface area contributed by atoms with Crippen LogP contribution in [0.4, 0.5) is 13.2 Å². The van der Waals surface area contributed by atoms with Crippen LogP contribution in [0.3, 0.4) is 0 Å². The van der Waals surface area contributed by atoms with Crippen LogP contribution in [0.5, 0.6) is 5.88 Å². The predicted octanol–water partition coefficient (Wildman–Crippen LogP) is 2.18. The Balaban J connectivity index is 2.01. The van der Waals surface area contributed by atoms with Gasteiger partial charge in [-0.2, -0.15) is 18.2 Å². The molecule has 0 saturated carbocycles. The summed E-state index contributed by atoms with van der Waals surface area (Å²) < 4.78 is 43.1. The number of nitrogens with zero attached hydrogens (tertiary/aromatic N) is 2. The van der Waals surface area contributed by atoms with Gasteiger partial charge in [-0.15, -0.1) is 0 Å². The third kappa shape index (κ3) is 4.05. The van der Waals surface area contributed by atoms with E-state index in [0.29, 0.717) is 12.5 Å². The zero-order chi connectivity index (χ0) is 13.9. The van der Waals surface area contributed by atoms with Gasteiger partial charge in [0.1, 0.15) is 5.82 Å². The highest BCUT2D eigenvalue weighted by Gasteiger charge is 2.33. The van der Waals surface area contributed by atoms with Crippen molar-refractivity contribution in [2.24, 2.45) is 5.92 Å². The normalized spacial score (nSPS) is 20.3. The van der Waals surface area contributed by atoms with E-state index in [9.17, 15) is 13.2 Å². The molecule has 1 aliphatic heterocycles. The van der Waals surface area contributed by atoms with Crippen molar-refractivity contribution in [2.75, 3.05) is 19.7 Å². The van der Waals surface area contributed by atoms with Crippen LogP contribution in [0.2, 0.25) is 0 Å². The molecule has 106 valence electrons. The number of aromatic nitrogens is 2. The van der Waals surface area contributed by atoms with Crippen LogP contribution in [0.25, 0.3) is 0 Å². The molecule has 0 aromatic carbocycles. The van der Waals surface area contributed by atoms with Crippen molar-refractivity contribution < 1.29 is 17.9 Å². The van der Waals surface area contributed by atoms with Gasteiger partial charge in [-0.3, -0.25) is 0 Å². The average molecular weight is 275 g/mol. The van der Waals surface area contributed by atoms with Gasteiger partial charge in [-0.1, -0.05) is 0 Å². The van der Waals surface area contributed by atoms with Crippen molar-refractivity contribution in [3.8, 4) is 5.88 Å². The number of alkyl halides is 3. The van der Waals surface area contributed by atoms with Crippen LogP contribution in [0.1, 0.15) is 24.4 Å². The zero-order valence-electron chi connectivity index (χ0n) is 10.6. The number of rotatable bonds is 3. The first-order chi connectivity index (χ1) is 8.95. The molecule has 0 spiro atoms. The van der Waals surface area contributed by atoms with E-state index < -0.39 is 11.9 Å². The molecule has 0 amide bonds. The fourth-order valence-corrected chi connectivity index (χ4v) is 2.03. The number of hydrogen-bond donors (Lipinski definition) is 1. The van der Waals surface area contributed by atoms with Crippen LogP contribution in [-0.4, -0.2) is 29.7 Å². The van der Waals surface area contributed by atoms with Gasteiger partial charge >= 0.3 is 6.18 Å². The van der Waals surface area contributed by atoms with Crippen LogP contribution < -0.4 is 10.1 Å². The van der Waals surface area contributed by atoms with Gasteiger partial charge in [0.2, 0.25) is 5.88 Å². The van der Waals surface area contributed by atoms with E-state index in [0.717, 1.165) is 32.0 Å². The SMILES string of the molecule is Cc1nc(OCC2CCCNC2)cc(C(F)(F)F)n1. The molecule has 7 heteroatoms. The summed E-state index contributed by atoms with van der Waals surface area (Å²) >= 11 is 0. The molecule has 1 unspecified atom stereocenters. The zero-order valence-corrected chi connectivity index (χ0v) is 10.6. The monoisotopic (exact) mass is 275 g/mol. The smallest absolute Gasteiger partial charge is 0.433 e. The quantitative estimate of drug-likeness (QED) is 0.918. The fraction of sp³-hybridized carbons (Fsp3) is 0.667. The number of nitrogens with one attached hydrogen (secondary N) is 1. The Hall–Kier alpha value is -1.37. The molecule has 1 saturated heterocycles. The summed E-state index contributed by atoms with van der Waals surface area (Å²) in [4.78, 5) is 7.25. The number of aryl methyl sites for hydroxylation is 1. The first-order valence-corrected chi connectivity index (χ1v) is 6.21. The van der Waals surface area contributed by atoms with Gasteiger partial charge in [-0.05, 0) is 26.3 Å². The maximum atomic E-state index is 12.6. The fourth-order valence-electron chi connectivity index (χ4n) is 2.03. The van der Waals surface area contributed by atoms with Crippen molar-refractivity contribution in [1.82, 2.24) is 15.3 Å².